The molecule has 100 valence electrons. The Kier molecular flexibility index (Phi) is 3.46. The normalized spacial score (nSPS) is 12.5. The molecule has 0 radical (unpaired) electrons. The van der Waals surface area contributed by atoms with Crippen molar-refractivity contribution in [3.63, 3.8) is 0 Å². The minimum Gasteiger partial charge on any atom is -0.324 e. The van der Waals surface area contributed by atoms with Crippen molar-refractivity contribution in [2.24, 2.45) is 0 Å². The molecule has 0 aliphatic rings. The van der Waals surface area contributed by atoms with Crippen LogP contribution in [0.1, 0.15) is 34.7 Å². The van der Waals surface area contributed by atoms with E-state index < -0.39 is 23.5 Å². The minimum atomic E-state index is -0.841. The van der Waals surface area contributed by atoms with E-state index in [0.717, 1.165) is 17.5 Å². The van der Waals surface area contributed by atoms with Gasteiger partial charge in [-0.2, -0.15) is 0 Å². The Morgan fingerprint density at radius 1 is 1.32 bits per heavy atom. The quantitative estimate of drug-likeness (QED) is 0.798. The van der Waals surface area contributed by atoms with E-state index in [4.69, 9.17) is 0 Å². The molecule has 0 spiro atoms. The Morgan fingerprint density at radius 3 is 2.53 bits per heavy atom. The third-order valence-corrected chi connectivity index (χ3v) is 3.28. The van der Waals surface area contributed by atoms with E-state index in [2.05, 4.69) is 4.98 Å². The Bertz CT molecular complexity index is 634. The molecule has 0 aliphatic carbocycles. The predicted molar refractivity (Wildman–Crippen MR) is 67.1 cm³/mol. The first kappa shape index (κ1) is 13.4. The molecule has 0 aliphatic heterocycles. The molecule has 1 heterocycles. The van der Waals surface area contributed by atoms with E-state index in [0.29, 0.717) is 6.07 Å². The van der Waals surface area contributed by atoms with Crippen LogP contribution in [0.4, 0.5) is 8.78 Å². The van der Waals surface area contributed by atoms with Gasteiger partial charge < -0.3 is 4.57 Å². The number of hydrogen-bond donors (Lipinski definition) is 0. The summed E-state index contributed by atoms with van der Waals surface area (Å²) in [6.07, 6.45) is 1.55. The number of halogens is 2. The molecule has 0 saturated heterocycles. The Balaban J connectivity index is 2.36. The molecule has 0 bridgehead atoms. The van der Waals surface area contributed by atoms with E-state index in [1.165, 1.54) is 6.07 Å². The lowest BCUT2D eigenvalue weighted by Crippen LogP contribution is -2.18. The van der Waals surface area contributed by atoms with Crippen LogP contribution in [0.3, 0.4) is 0 Å². The summed E-state index contributed by atoms with van der Waals surface area (Å²) < 4.78 is 28.1. The highest BCUT2D eigenvalue weighted by Crippen LogP contribution is 2.20. The fourth-order valence-electron chi connectivity index (χ4n) is 1.95. The van der Waals surface area contributed by atoms with Crippen molar-refractivity contribution in [3.8, 4) is 0 Å². The number of carbonyl (C=O) groups is 1. The first-order valence-corrected chi connectivity index (χ1v) is 5.91. The average Bonchev–Trinajstić information content (AvgIpc) is 2.68. The van der Waals surface area contributed by atoms with Crippen LogP contribution in [0.15, 0.2) is 24.5 Å². The zero-order valence-corrected chi connectivity index (χ0v) is 10.9. The van der Waals surface area contributed by atoms with Crippen LogP contribution in [0.5, 0.6) is 0 Å². The third kappa shape index (κ3) is 2.41. The molecular weight excluding hydrogens is 250 g/mol. The van der Waals surface area contributed by atoms with E-state index in [1.54, 1.807) is 17.8 Å². The lowest BCUT2D eigenvalue weighted by Gasteiger charge is -2.14. The lowest BCUT2D eigenvalue weighted by atomic mass is 10.0. The van der Waals surface area contributed by atoms with Crippen molar-refractivity contribution >= 4 is 5.78 Å². The summed E-state index contributed by atoms with van der Waals surface area (Å²) >= 11 is 0. The van der Waals surface area contributed by atoms with Gasteiger partial charge in [-0.15, -0.1) is 0 Å². The molecule has 1 atom stereocenters. The van der Waals surface area contributed by atoms with Gasteiger partial charge in [0, 0.05) is 11.8 Å². The first-order valence-electron chi connectivity index (χ1n) is 5.91. The smallest absolute Gasteiger partial charge is 0.188 e. The van der Waals surface area contributed by atoms with Crippen LogP contribution < -0.4 is 0 Å². The highest BCUT2D eigenvalue weighted by molar-refractivity contribution is 5.99. The SMILES string of the molecule is Cc1ncn(C(C)C(=O)c2ccc(F)cc2F)c1C. The van der Waals surface area contributed by atoms with Gasteiger partial charge in [-0.3, -0.25) is 4.79 Å². The fourth-order valence-corrected chi connectivity index (χ4v) is 1.95. The molecule has 1 aromatic carbocycles. The van der Waals surface area contributed by atoms with Gasteiger partial charge in [0.15, 0.2) is 5.78 Å². The Morgan fingerprint density at radius 2 is 2.00 bits per heavy atom. The van der Waals surface area contributed by atoms with Crippen LogP contribution in [0, 0.1) is 25.5 Å². The van der Waals surface area contributed by atoms with Gasteiger partial charge in [-0.25, -0.2) is 13.8 Å². The molecule has 0 N–H and O–H groups in total. The van der Waals surface area contributed by atoms with Crippen molar-refractivity contribution in [1.82, 2.24) is 9.55 Å². The number of hydrogen-bond acceptors (Lipinski definition) is 2. The summed E-state index contributed by atoms with van der Waals surface area (Å²) in [7, 11) is 0. The van der Waals surface area contributed by atoms with Crippen molar-refractivity contribution in [2.75, 3.05) is 0 Å². The predicted octanol–water partition coefficient (Wildman–Crippen LogP) is 3.22. The van der Waals surface area contributed by atoms with Crippen LogP contribution >= 0.6 is 0 Å². The first-order chi connectivity index (χ1) is 8.91. The van der Waals surface area contributed by atoms with Crippen molar-refractivity contribution in [1.29, 1.82) is 0 Å². The fraction of sp³-hybridized carbons (Fsp3) is 0.286. The van der Waals surface area contributed by atoms with Gasteiger partial charge in [0.25, 0.3) is 0 Å². The number of carbonyl (C=O) groups excluding carboxylic acids is 1. The molecular formula is C14H14F2N2O. The molecule has 5 heteroatoms. The topological polar surface area (TPSA) is 34.9 Å². The number of Topliss-reactive ketones (excluding diaryl/α,β-unsaturated/α-hetero) is 1. The number of aryl methyl sites for hydroxylation is 1. The summed E-state index contributed by atoms with van der Waals surface area (Å²) in [5.74, 6) is -1.94. The largest absolute Gasteiger partial charge is 0.324 e. The number of nitrogens with zero attached hydrogens (tertiary/aromatic N) is 2. The van der Waals surface area contributed by atoms with E-state index >= 15 is 0 Å². The maximum atomic E-state index is 13.6. The van der Waals surface area contributed by atoms with Gasteiger partial charge in [-0.1, -0.05) is 0 Å². The van der Waals surface area contributed by atoms with E-state index in [1.807, 2.05) is 13.8 Å². The molecule has 0 fully saturated rings. The molecule has 2 aromatic rings. The summed E-state index contributed by atoms with van der Waals surface area (Å²) in [4.78, 5) is 16.3. The number of benzene rings is 1. The van der Waals surface area contributed by atoms with Crippen molar-refractivity contribution in [2.45, 2.75) is 26.8 Å². The maximum Gasteiger partial charge on any atom is 0.188 e. The highest BCUT2D eigenvalue weighted by Gasteiger charge is 2.22. The zero-order chi connectivity index (χ0) is 14.2. The van der Waals surface area contributed by atoms with Gasteiger partial charge in [0.2, 0.25) is 0 Å². The summed E-state index contributed by atoms with van der Waals surface area (Å²) in [6.45, 7) is 5.34. The van der Waals surface area contributed by atoms with Gasteiger partial charge in [0.1, 0.15) is 11.6 Å². The number of rotatable bonds is 3. The van der Waals surface area contributed by atoms with Crippen molar-refractivity contribution in [3.05, 3.63) is 53.1 Å². The average molecular weight is 264 g/mol. The summed E-state index contributed by atoms with van der Waals surface area (Å²) in [5, 5.41) is 0. The third-order valence-electron chi connectivity index (χ3n) is 3.28. The number of imidazole rings is 1. The second-order valence-electron chi connectivity index (χ2n) is 4.49. The molecule has 1 aromatic heterocycles. The second kappa shape index (κ2) is 4.91. The monoisotopic (exact) mass is 264 g/mol. The van der Waals surface area contributed by atoms with Crippen molar-refractivity contribution < 1.29 is 13.6 Å². The van der Waals surface area contributed by atoms with Gasteiger partial charge in [-0.05, 0) is 32.9 Å². The van der Waals surface area contributed by atoms with Crippen LogP contribution in [0.25, 0.3) is 0 Å². The summed E-state index contributed by atoms with van der Waals surface area (Å²) in [5.41, 5.74) is 1.56. The standard InChI is InChI=1S/C14H14F2N2O/c1-8-9(2)18(7-17-8)10(3)14(19)12-5-4-11(15)6-13(12)16/h4-7,10H,1-3H3. The molecule has 0 saturated carbocycles. The highest BCUT2D eigenvalue weighted by atomic mass is 19.1. The van der Waals surface area contributed by atoms with E-state index in [-0.39, 0.29) is 5.56 Å². The molecule has 0 amide bonds. The number of ketones is 1. The Hall–Kier alpha value is -2.04. The second-order valence-corrected chi connectivity index (χ2v) is 4.49. The summed E-state index contributed by atoms with van der Waals surface area (Å²) in [6, 6.07) is 2.38. The lowest BCUT2D eigenvalue weighted by molar-refractivity contribution is 0.0929. The van der Waals surface area contributed by atoms with E-state index in [9.17, 15) is 13.6 Å². The molecule has 19 heavy (non-hydrogen) atoms. The Labute approximate surface area is 109 Å². The van der Waals surface area contributed by atoms with Gasteiger partial charge in [0.05, 0.1) is 23.6 Å². The minimum absolute atomic E-state index is 0.111. The molecule has 1 unspecified atom stereocenters. The molecule has 3 nitrogen and oxygen atoms in total. The molecule has 2 rings (SSSR count). The zero-order valence-electron chi connectivity index (χ0n) is 10.9. The van der Waals surface area contributed by atoms with Crippen LogP contribution in [-0.4, -0.2) is 15.3 Å². The van der Waals surface area contributed by atoms with Gasteiger partial charge >= 0.3 is 0 Å². The maximum absolute atomic E-state index is 13.6. The number of aromatic nitrogens is 2. The van der Waals surface area contributed by atoms with Crippen LogP contribution in [-0.2, 0) is 0 Å². The van der Waals surface area contributed by atoms with Crippen LogP contribution in [0.2, 0.25) is 0 Å².